The van der Waals surface area contributed by atoms with E-state index in [1.165, 1.54) is 10.9 Å². The number of hydrogen-bond acceptors (Lipinski definition) is 4. The molecule has 0 aromatic carbocycles. The zero-order valence-corrected chi connectivity index (χ0v) is 12.4. The number of likely N-dealkylation sites (tertiary alicyclic amines) is 1. The normalized spacial score (nSPS) is 14.9. The van der Waals surface area contributed by atoms with Gasteiger partial charge in [-0.05, 0) is 12.8 Å². The molecule has 21 heavy (non-hydrogen) atoms. The Morgan fingerprint density at radius 3 is 2.43 bits per heavy atom. The first-order chi connectivity index (χ1) is 10.1. The average Bonchev–Trinajstić information content (AvgIpc) is 2.86. The Balaban J connectivity index is 1.89. The summed E-state index contributed by atoms with van der Waals surface area (Å²) < 4.78 is 1.53. The van der Waals surface area contributed by atoms with E-state index >= 15 is 0 Å². The predicted molar refractivity (Wildman–Crippen MR) is 75.1 cm³/mol. The van der Waals surface area contributed by atoms with Crippen molar-refractivity contribution in [3.05, 3.63) is 11.9 Å². The van der Waals surface area contributed by atoms with Crippen molar-refractivity contribution in [1.29, 1.82) is 0 Å². The minimum atomic E-state index is -1.09. The summed E-state index contributed by atoms with van der Waals surface area (Å²) in [5.41, 5.74) is -0.0710. The van der Waals surface area contributed by atoms with Gasteiger partial charge in [-0.15, -0.1) is 5.10 Å². The summed E-state index contributed by atoms with van der Waals surface area (Å²) >= 11 is 0. The summed E-state index contributed by atoms with van der Waals surface area (Å²) in [6.45, 7) is 6.73. The van der Waals surface area contributed by atoms with E-state index in [9.17, 15) is 9.59 Å². The molecule has 1 saturated heterocycles. The van der Waals surface area contributed by atoms with E-state index < -0.39 is 5.97 Å². The van der Waals surface area contributed by atoms with Crippen LogP contribution in [0.25, 0.3) is 0 Å². The van der Waals surface area contributed by atoms with Crippen LogP contribution < -0.4 is 0 Å². The first-order valence-electron chi connectivity index (χ1n) is 7.25. The van der Waals surface area contributed by atoms with E-state index in [4.69, 9.17) is 5.11 Å². The molecular formula is C13H21N5O3. The van der Waals surface area contributed by atoms with Crippen LogP contribution in [0.3, 0.4) is 0 Å². The molecule has 2 heterocycles. The molecule has 1 aromatic heterocycles. The van der Waals surface area contributed by atoms with Crippen molar-refractivity contribution >= 4 is 12.0 Å². The number of hydrogen-bond donors (Lipinski definition) is 1. The maximum absolute atomic E-state index is 12.3. The first kappa shape index (κ1) is 15.3. The molecule has 0 spiro atoms. The van der Waals surface area contributed by atoms with Gasteiger partial charge in [0.1, 0.15) is 0 Å². The molecule has 0 unspecified atom stereocenters. The van der Waals surface area contributed by atoms with Gasteiger partial charge in [0, 0.05) is 26.2 Å². The molecule has 116 valence electrons. The number of aromatic carboxylic acids is 1. The first-order valence-corrected chi connectivity index (χ1v) is 7.25. The molecule has 1 fully saturated rings. The summed E-state index contributed by atoms with van der Waals surface area (Å²) in [5, 5.41) is 16.2. The Morgan fingerprint density at radius 1 is 1.33 bits per heavy atom. The van der Waals surface area contributed by atoms with Crippen LogP contribution in [0.1, 0.15) is 43.2 Å². The molecule has 0 aliphatic carbocycles. The standard InChI is InChI=1S/C13H21N5O3/c1-3-5-16(6-4-2)13(21)17-7-10(8-17)18-9-11(12(19)20)14-15-18/h9-10H,3-8H2,1-2H3,(H,19,20). The van der Waals surface area contributed by atoms with Crippen molar-refractivity contribution in [3.63, 3.8) is 0 Å². The fourth-order valence-electron chi connectivity index (χ4n) is 2.37. The molecule has 0 bridgehead atoms. The Kier molecular flexibility index (Phi) is 4.77. The molecule has 2 amide bonds. The molecule has 1 aromatic rings. The number of amides is 2. The van der Waals surface area contributed by atoms with Crippen molar-refractivity contribution in [2.75, 3.05) is 26.2 Å². The van der Waals surface area contributed by atoms with Gasteiger partial charge in [0.05, 0.1) is 12.2 Å². The molecule has 0 atom stereocenters. The second-order valence-corrected chi connectivity index (χ2v) is 5.22. The predicted octanol–water partition coefficient (Wildman–Crippen LogP) is 1.07. The Hall–Kier alpha value is -2.12. The van der Waals surface area contributed by atoms with Crippen LogP contribution in [-0.4, -0.2) is 68.1 Å². The average molecular weight is 295 g/mol. The fourth-order valence-corrected chi connectivity index (χ4v) is 2.37. The van der Waals surface area contributed by atoms with E-state index in [-0.39, 0.29) is 17.8 Å². The summed E-state index contributed by atoms with van der Waals surface area (Å²) in [7, 11) is 0. The minimum Gasteiger partial charge on any atom is -0.476 e. The third kappa shape index (κ3) is 3.32. The smallest absolute Gasteiger partial charge is 0.358 e. The number of carbonyl (C=O) groups is 2. The van der Waals surface area contributed by atoms with Crippen molar-refractivity contribution in [2.45, 2.75) is 32.7 Å². The van der Waals surface area contributed by atoms with Gasteiger partial charge in [0.15, 0.2) is 5.69 Å². The zero-order chi connectivity index (χ0) is 15.4. The van der Waals surface area contributed by atoms with Crippen molar-refractivity contribution < 1.29 is 14.7 Å². The highest BCUT2D eigenvalue weighted by Gasteiger charge is 2.35. The van der Waals surface area contributed by atoms with Crippen LogP contribution in [0.15, 0.2) is 6.20 Å². The highest BCUT2D eigenvalue weighted by Crippen LogP contribution is 2.22. The molecular weight excluding hydrogens is 274 g/mol. The maximum Gasteiger partial charge on any atom is 0.358 e. The van der Waals surface area contributed by atoms with Gasteiger partial charge >= 0.3 is 12.0 Å². The maximum atomic E-state index is 12.3. The van der Waals surface area contributed by atoms with Gasteiger partial charge in [-0.2, -0.15) is 0 Å². The zero-order valence-electron chi connectivity index (χ0n) is 12.4. The van der Waals surface area contributed by atoms with Gasteiger partial charge in [-0.3, -0.25) is 0 Å². The van der Waals surface area contributed by atoms with Crippen LogP contribution in [0.2, 0.25) is 0 Å². The van der Waals surface area contributed by atoms with Crippen LogP contribution >= 0.6 is 0 Å². The van der Waals surface area contributed by atoms with Gasteiger partial charge < -0.3 is 14.9 Å². The quantitative estimate of drug-likeness (QED) is 0.847. The lowest BCUT2D eigenvalue weighted by atomic mass is 10.1. The lowest BCUT2D eigenvalue weighted by Gasteiger charge is -2.41. The summed E-state index contributed by atoms with van der Waals surface area (Å²) in [6.07, 6.45) is 3.28. The number of carboxylic acid groups (broad SMARTS) is 1. The van der Waals surface area contributed by atoms with E-state index in [1.54, 1.807) is 4.90 Å². The van der Waals surface area contributed by atoms with E-state index in [1.807, 2.05) is 4.90 Å². The lowest BCUT2D eigenvalue weighted by molar-refractivity contribution is 0.0689. The largest absolute Gasteiger partial charge is 0.476 e. The van der Waals surface area contributed by atoms with Crippen LogP contribution in [0, 0.1) is 0 Å². The number of carbonyl (C=O) groups excluding carboxylic acids is 1. The molecule has 8 heteroatoms. The molecule has 2 rings (SSSR count). The highest BCUT2D eigenvalue weighted by molar-refractivity contribution is 5.84. The van der Waals surface area contributed by atoms with E-state index in [0.29, 0.717) is 13.1 Å². The highest BCUT2D eigenvalue weighted by atomic mass is 16.4. The van der Waals surface area contributed by atoms with Gasteiger partial charge in [-0.25, -0.2) is 14.3 Å². The van der Waals surface area contributed by atoms with Crippen molar-refractivity contribution in [3.8, 4) is 0 Å². The third-order valence-electron chi connectivity index (χ3n) is 3.49. The number of urea groups is 1. The number of nitrogens with zero attached hydrogens (tertiary/aromatic N) is 5. The second-order valence-electron chi connectivity index (χ2n) is 5.22. The van der Waals surface area contributed by atoms with Crippen LogP contribution in [0.4, 0.5) is 4.79 Å². The number of rotatable bonds is 6. The Bertz CT molecular complexity index is 504. The molecule has 1 N–H and O–H groups in total. The second kappa shape index (κ2) is 6.55. The molecule has 0 saturated carbocycles. The van der Waals surface area contributed by atoms with Crippen LogP contribution in [0.5, 0.6) is 0 Å². The SMILES string of the molecule is CCCN(CCC)C(=O)N1CC(n2cc(C(=O)O)nn2)C1. The minimum absolute atomic E-state index is 0.0136. The number of carboxylic acids is 1. The van der Waals surface area contributed by atoms with Crippen molar-refractivity contribution in [1.82, 2.24) is 24.8 Å². The van der Waals surface area contributed by atoms with E-state index in [0.717, 1.165) is 25.9 Å². The topological polar surface area (TPSA) is 91.6 Å². The Morgan fingerprint density at radius 2 is 1.95 bits per heavy atom. The molecule has 0 radical (unpaired) electrons. The van der Waals surface area contributed by atoms with Gasteiger partial charge in [-0.1, -0.05) is 19.1 Å². The van der Waals surface area contributed by atoms with E-state index in [2.05, 4.69) is 24.2 Å². The lowest BCUT2D eigenvalue weighted by Crippen LogP contribution is -2.55. The van der Waals surface area contributed by atoms with Crippen molar-refractivity contribution in [2.24, 2.45) is 0 Å². The van der Waals surface area contributed by atoms with Gasteiger partial charge in [0.25, 0.3) is 0 Å². The van der Waals surface area contributed by atoms with Crippen LogP contribution in [-0.2, 0) is 0 Å². The monoisotopic (exact) mass is 295 g/mol. The summed E-state index contributed by atoms with van der Waals surface area (Å²) in [4.78, 5) is 26.7. The third-order valence-corrected chi connectivity index (χ3v) is 3.49. The number of aromatic nitrogens is 3. The summed E-state index contributed by atoms with van der Waals surface area (Å²) in [6, 6.07) is 0.0631. The van der Waals surface area contributed by atoms with Gasteiger partial charge in [0.2, 0.25) is 0 Å². The molecule has 8 nitrogen and oxygen atoms in total. The summed E-state index contributed by atoms with van der Waals surface area (Å²) in [5.74, 6) is -1.09. The molecule has 1 aliphatic rings. The Labute approximate surface area is 123 Å². The molecule has 1 aliphatic heterocycles. The fraction of sp³-hybridized carbons (Fsp3) is 0.692.